The molecule has 3 rings (SSSR count). The van der Waals surface area contributed by atoms with Gasteiger partial charge in [-0.05, 0) is 28.5 Å². The van der Waals surface area contributed by atoms with Crippen LogP contribution in [0.3, 0.4) is 0 Å². The van der Waals surface area contributed by atoms with E-state index < -0.39 is 0 Å². The van der Waals surface area contributed by atoms with Crippen LogP contribution in [0, 0.1) is 0 Å². The summed E-state index contributed by atoms with van der Waals surface area (Å²) in [4.78, 5) is 4.29. The zero-order chi connectivity index (χ0) is 17.5. The van der Waals surface area contributed by atoms with Crippen LogP contribution in [0.1, 0.15) is 11.1 Å². The van der Waals surface area contributed by atoms with Gasteiger partial charge in [0, 0.05) is 25.7 Å². The Morgan fingerprint density at radius 1 is 0.880 bits per heavy atom. The van der Waals surface area contributed by atoms with Crippen LogP contribution in [0.5, 0.6) is 5.75 Å². The lowest BCUT2D eigenvalue weighted by Gasteiger charge is -2.14. The lowest BCUT2D eigenvalue weighted by atomic mass is 10.1. The second-order valence-electron chi connectivity index (χ2n) is 5.77. The van der Waals surface area contributed by atoms with E-state index in [0.717, 1.165) is 23.8 Å². The number of rotatable bonds is 5. The third-order valence-corrected chi connectivity index (χ3v) is 4.14. The summed E-state index contributed by atoms with van der Waals surface area (Å²) in [6.45, 7) is 1.37. The minimum absolute atomic E-state index is 0.654. The fourth-order valence-electron chi connectivity index (χ4n) is 2.78. The van der Waals surface area contributed by atoms with E-state index in [1.54, 1.807) is 14.2 Å². The molecule has 0 saturated carbocycles. The van der Waals surface area contributed by atoms with E-state index in [4.69, 9.17) is 4.74 Å². The fourth-order valence-corrected chi connectivity index (χ4v) is 2.78. The molecule has 0 atom stereocenters. The molecule has 0 bridgehead atoms. The molecular weight excluding hydrogens is 310 g/mol. The molecular formula is C21H23N3O. The third kappa shape index (κ3) is 4.29. The molecule has 128 valence electrons. The molecule has 4 nitrogen and oxygen atoms in total. The number of benzene rings is 3. The SMILES string of the molecule is CN=C(NCc1ccc2ccccc2c1)NCc1ccccc1OC. The number of para-hydroxylation sites is 1. The summed E-state index contributed by atoms with van der Waals surface area (Å²) in [5.74, 6) is 1.64. The Morgan fingerprint density at radius 3 is 2.40 bits per heavy atom. The van der Waals surface area contributed by atoms with Crippen molar-refractivity contribution in [3.63, 3.8) is 0 Å². The maximum Gasteiger partial charge on any atom is 0.191 e. The minimum Gasteiger partial charge on any atom is -0.496 e. The smallest absolute Gasteiger partial charge is 0.191 e. The second kappa shape index (κ2) is 8.20. The van der Waals surface area contributed by atoms with E-state index in [0.29, 0.717) is 6.54 Å². The molecule has 0 saturated heterocycles. The minimum atomic E-state index is 0.654. The number of guanidine groups is 1. The summed E-state index contributed by atoms with van der Waals surface area (Å²) in [5.41, 5.74) is 2.32. The molecule has 0 aliphatic carbocycles. The molecule has 2 N–H and O–H groups in total. The van der Waals surface area contributed by atoms with Crippen LogP contribution in [-0.2, 0) is 13.1 Å². The van der Waals surface area contributed by atoms with Gasteiger partial charge in [-0.1, -0.05) is 54.6 Å². The predicted octanol–water partition coefficient (Wildman–Crippen LogP) is 3.71. The van der Waals surface area contributed by atoms with Crippen molar-refractivity contribution in [2.75, 3.05) is 14.2 Å². The molecule has 0 aromatic heterocycles. The van der Waals surface area contributed by atoms with E-state index in [1.165, 1.54) is 16.3 Å². The molecule has 0 amide bonds. The van der Waals surface area contributed by atoms with Crippen molar-refractivity contribution in [1.82, 2.24) is 10.6 Å². The lowest BCUT2D eigenvalue weighted by Crippen LogP contribution is -2.36. The van der Waals surface area contributed by atoms with Gasteiger partial charge in [-0.2, -0.15) is 0 Å². The van der Waals surface area contributed by atoms with Gasteiger partial charge in [-0.15, -0.1) is 0 Å². The van der Waals surface area contributed by atoms with Gasteiger partial charge in [0.1, 0.15) is 5.75 Å². The molecule has 0 aliphatic heterocycles. The summed E-state index contributed by atoms with van der Waals surface area (Å²) < 4.78 is 5.38. The van der Waals surface area contributed by atoms with Crippen LogP contribution in [0.15, 0.2) is 71.7 Å². The first-order valence-corrected chi connectivity index (χ1v) is 8.34. The number of fused-ring (bicyclic) bond motifs is 1. The normalized spacial score (nSPS) is 11.4. The largest absolute Gasteiger partial charge is 0.496 e. The number of ether oxygens (including phenoxy) is 1. The van der Waals surface area contributed by atoms with Crippen molar-refractivity contribution in [3.05, 3.63) is 77.9 Å². The Hall–Kier alpha value is -3.01. The van der Waals surface area contributed by atoms with Gasteiger partial charge >= 0.3 is 0 Å². The van der Waals surface area contributed by atoms with Crippen LogP contribution in [0.4, 0.5) is 0 Å². The summed E-state index contributed by atoms with van der Waals surface area (Å²) in [7, 11) is 3.46. The van der Waals surface area contributed by atoms with Crippen LogP contribution >= 0.6 is 0 Å². The Morgan fingerprint density at radius 2 is 1.60 bits per heavy atom. The lowest BCUT2D eigenvalue weighted by molar-refractivity contribution is 0.409. The summed E-state index contributed by atoms with van der Waals surface area (Å²) >= 11 is 0. The number of nitrogens with zero attached hydrogens (tertiary/aromatic N) is 1. The van der Waals surface area contributed by atoms with Gasteiger partial charge in [-0.25, -0.2) is 0 Å². The Kier molecular flexibility index (Phi) is 5.52. The average molecular weight is 333 g/mol. The fraction of sp³-hybridized carbons (Fsp3) is 0.190. The van der Waals surface area contributed by atoms with Crippen molar-refractivity contribution in [2.45, 2.75) is 13.1 Å². The van der Waals surface area contributed by atoms with Crippen LogP contribution < -0.4 is 15.4 Å². The van der Waals surface area contributed by atoms with E-state index >= 15 is 0 Å². The molecule has 3 aromatic carbocycles. The zero-order valence-electron chi connectivity index (χ0n) is 14.6. The van der Waals surface area contributed by atoms with Gasteiger partial charge in [0.15, 0.2) is 5.96 Å². The van der Waals surface area contributed by atoms with Gasteiger partial charge in [0.2, 0.25) is 0 Å². The van der Waals surface area contributed by atoms with Gasteiger partial charge < -0.3 is 15.4 Å². The summed E-state index contributed by atoms with van der Waals surface area (Å²) in [5, 5.41) is 9.19. The molecule has 3 aromatic rings. The van der Waals surface area contributed by atoms with Crippen LogP contribution in [-0.4, -0.2) is 20.1 Å². The van der Waals surface area contributed by atoms with Crippen molar-refractivity contribution in [3.8, 4) is 5.75 Å². The van der Waals surface area contributed by atoms with Crippen molar-refractivity contribution >= 4 is 16.7 Å². The highest BCUT2D eigenvalue weighted by Crippen LogP contribution is 2.17. The maximum absolute atomic E-state index is 5.38. The van der Waals surface area contributed by atoms with Crippen molar-refractivity contribution in [2.24, 2.45) is 4.99 Å². The summed E-state index contributed by atoms with van der Waals surface area (Å²) in [6.07, 6.45) is 0. The highest BCUT2D eigenvalue weighted by atomic mass is 16.5. The zero-order valence-corrected chi connectivity index (χ0v) is 14.6. The second-order valence-corrected chi connectivity index (χ2v) is 5.77. The molecule has 0 radical (unpaired) electrons. The van der Waals surface area contributed by atoms with E-state index in [-0.39, 0.29) is 0 Å². The number of hydrogen-bond acceptors (Lipinski definition) is 2. The van der Waals surface area contributed by atoms with Crippen molar-refractivity contribution < 1.29 is 4.74 Å². The topological polar surface area (TPSA) is 45.7 Å². The quantitative estimate of drug-likeness (QED) is 0.553. The van der Waals surface area contributed by atoms with E-state index in [9.17, 15) is 0 Å². The summed E-state index contributed by atoms with van der Waals surface area (Å²) in [6, 6.07) is 22.9. The number of hydrogen-bond donors (Lipinski definition) is 2. The highest BCUT2D eigenvalue weighted by molar-refractivity contribution is 5.83. The molecule has 0 spiro atoms. The van der Waals surface area contributed by atoms with Gasteiger partial charge in [-0.3, -0.25) is 4.99 Å². The van der Waals surface area contributed by atoms with Crippen LogP contribution in [0.2, 0.25) is 0 Å². The van der Waals surface area contributed by atoms with E-state index in [2.05, 4.69) is 58.1 Å². The first-order chi connectivity index (χ1) is 12.3. The molecule has 25 heavy (non-hydrogen) atoms. The molecule has 0 unspecified atom stereocenters. The predicted molar refractivity (Wildman–Crippen MR) is 104 cm³/mol. The first kappa shape index (κ1) is 16.8. The number of methoxy groups -OCH3 is 1. The highest BCUT2D eigenvalue weighted by Gasteiger charge is 2.04. The third-order valence-electron chi connectivity index (χ3n) is 4.14. The van der Waals surface area contributed by atoms with Gasteiger partial charge in [0.25, 0.3) is 0 Å². The average Bonchev–Trinajstić information content (AvgIpc) is 2.68. The molecule has 0 aliphatic rings. The van der Waals surface area contributed by atoms with Gasteiger partial charge in [0.05, 0.1) is 7.11 Å². The van der Waals surface area contributed by atoms with Crippen LogP contribution in [0.25, 0.3) is 10.8 Å². The Labute approximate surface area is 148 Å². The molecule has 0 heterocycles. The Balaban J connectivity index is 1.60. The molecule has 4 heteroatoms. The first-order valence-electron chi connectivity index (χ1n) is 8.34. The standard InChI is InChI=1S/C21H23N3O/c1-22-21(24-15-19-9-5-6-10-20(19)25-2)23-14-16-11-12-17-7-3-4-8-18(17)13-16/h3-13H,14-15H2,1-2H3,(H2,22,23,24). The maximum atomic E-state index is 5.38. The van der Waals surface area contributed by atoms with E-state index in [1.807, 2.05) is 24.3 Å². The monoisotopic (exact) mass is 333 g/mol. The van der Waals surface area contributed by atoms with Crippen molar-refractivity contribution in [1.29, 1.82) is 0 Å². The Bertz CT molecular complexity index is 874. The number of aliphatic imine (C=N–C) groups is 1. The molecule has 0 fully saturated rings. The number of nitrogens with one attached hydrogen (secondary N) is 2.